The van der Waals surface area contributed by atoms with Crippen molar-refractivity contribution in [2.45, 2.75) is 20.2 Å². The fraction of sp³-hybridized carbons (Fsp3) is 0.417. The maximum absolute atomic E-state index is 12.0. The highest BCUT2D eigenvalue weighted by molar-refractivity contribution is 6.00. The Balaban J connectivity index is 2.99. The molecule has 0 unspecified atom stereocenters. The van der Waals surface area contributed by atoms with Gasteiger partial charge in [0.15, 0.2) is 5.78 Å². The molecule has 0 aliphatic rings. The predicted octanol–water partition coefficient (Wildman–Crippen LogP) is 2.75. The van der Waals surface area contributed by atoms with Crippen LogP contribution in [0.3, 0.4) is 0 Å². The number of halogens is 3. The number of Topliss-reactive ketones (excluding diaryl/α,β-unsaturated/α-hetero) is 1. The highest BCUT2D eigenvalue weighted by atomic mass is 19.4. The highest BCUT2D eigenvalue weighted by Crippen LogP contribution is 2.26. The Morgan fingerprint density at radius 2 is 1.94 bits per heavy atom. The minimum atomic E-state index is -4.77. The lowest BCUT2D eigenvalue weighted by atomic mass is 9.84. The van der Waals surface area contributed by atoms with Gasteiger partial charge in [-0.1, -0.05) is 26.0 Å². The van der Waals surface area contributed by atoms with Crippen molar-refractivity contribution in [3.05, 3.63) is 29.8 Å². The molecular weight excluding hydrogens is 247 g/mol. The molecule has 0 atom stereocenters. The molecule has 1 aromatic carbocycles. The molecule has 3 nitrogen and oxygen atoms in total. The number of hydrogen-bond acceptors (Lipinski definition) is 3. The smallest absolute Gasteiger partial charge is 0.406 e. The van der Waals surface area contributed by atoms with E-state index >= 15 is 0 Å². The van der Waals surface area contributed by atoms with Gasteiger partial charge in [-0.05, 0) is 12.1 Å². The molecule has 2 N–H and O–H groups in total. The fourth-order valence-electron chi connectivity index (χ4n) is 1.32. The van der Waals surface area contributed by atoms with Gasteiger partial charge in [-0.15, -0.1) is 13.2 Å². The van der Waals surface area contributed by atoms with Gasteiger partial charge in [0, 0.05) is 17.5 Å². The largest absolute Gasteiger partial charge is 0.573 e. The van der Waals surface area contributed by atoms with Crippen LogP contribution in [0, 0.1) is 5.41 Å². The molecule has 0 bridgehead atoms. The van der Waals surface area contributed by atoms with Crippen molar-refractivity contribution < 1.29 is 22.7 Å². The molecule has 1 rings (SSSR count). The molecule has 100 valence electrons. The lowest BCUT2D eigenvalue weighted by Gasteiger charge is -2.21. The van der Waals surface area contributed by atoms with Crippen molar-refractivity contribution in [3.63, 3.8) is 0 Å². The molecular formula is C12H14F3NO2. The molecule has 18 heavy (non-hydrogen) atoms. The van der Waals surface area contributed by atoms with Crippen LogP contribution in [-0.4, -0.2) is 18.7 Å². The lowest BCUT2D eigenvalue weighted by Crippen LogP contribution is -2.32. The van der Waals surface area contributed by atoms with Crippen molar-refractivity contribution in [2.24, 2.45) is 11.1 Å². The van der Waals surface area contributed by atoms with Crippen LogP contribution in [0.2, 0.25) is 0 Å². The van der Waals surface area contributed by atoms with Gasteiger partial charge in [0.25, 0.3) is 0 Å². The molecule has 0 spiro atoms. The number of ketones is 1. The van der Waals surface area contributed by atoms with E-state index in [0.29, 0.717) is 0 Å². The normalized spacial score (nSPS) is 12.3. The quantitative estimate of drug-likeness (QED) is 0.848. The Morgan fingerprint density at radius 3 is 2.44 bits per heavy atom. The summed E-state index contributed by atoms with van der Waals surface area (Å²) in [6.07, 6.45) is -4.77. The first-order valence-corrected chi connectivity index (χ1v) is 5.26. The first-order valence-electron chi connectivity index (χ1n) is 5.26. The summed E-state index contributed by atoms with van der Waals surface area (Å²) in [5.74, 6) is -0.737. The summed E-state index contributed by atoms with van der Waals surface area (Å²) in [5, 5.41) is 0. The van der Waals surface area contributed by atoms with E-state index < -0.39 is 17.5 Å². The van der Waals surface area contributed by atoms with Crippen LogP contribution in [0.25, 0.3) is 0 Å². The molecule has 0 saturated heterocycles. The van der Waals surface area contributed by atoms with E-state index in [1.165, 1.54) is 12.1 Å². The SMILES string of the molecule is CC(C)(CN)C(=O)c1cccc(OC(F)(F)F)c1. The first kappa shape index (κ1) is 14.5. The molecule has 6 heteroatoms. The fourth-order valence-corrected chi connectivity index (χ4v) is 1.32. The zero-order chi connectivity index (χ0) is 14.0. The van der Waals surface area contributed by atoms with E-state index in [1.807, 2.05) is 0 Å². The van der Waals surface area contributed by atoms with Gasteiger partial charge in [-0.3, -0.25) is 4.79 Å². The Bertz CT molecular complexity index is 441. The number of hydrogen-bond donors (Lipinski definition) is 1. The molecule has 0 amide bonds. The first-order chi connectivity index (χ1) is 8.15. The average molecular weight is 261 g/mol. The molecule has 0 saturated carbocycles. The average Bonchev–Trinajstić information content (AvgIpc) is 2.26. The van der Waals surface area contributed by atoms with Crippen molar-refractivity contribution in [2.75, 3.05) is 6.54 Å². The van der Waals surface area contributed by atoms with E-state index in [0.717, 1.165) is 12.1 Å². The maximum atomic E-state index is 12.0. The molecule has 1 aromatic rings. The molecule has 0 radical (unpaired) electrons. The van der Waals surface area contributed by atoms with Crippen LogP contribution >= 0.6 is 0 Å². The van der Waals surface area contributed by atoms with Crippen LogP contribution in [-0.2, 0) is 0 Å². The van der Waals surface area contributed by atoms with Crippen molar-refractivity contribution in [1.29, 1.82) is 0 Å². The van der Waals surface area contributed by atoms with E-state index in [2.05, 4.69) is 4.74 Å². The van der Waals surface area contributed by atoms with Crippen LogP contribution in [0.4, 0.5) is 13.2 Å². The van der Waals surface area contributed by atoms with Gasteiger partial charge < -0.3 is 10.5 Å². The van der Waals surface area contributed by atoms with Crippen molar-refractivity contribution in [1.82, 2.24) is 0 Å². The van der Waals surface area contributed by atoms with Crippen LogP contribution in [0.5, 0.6) is 5.75 Å². The molecule has 0 heterocycles. The summed E-state index contributed by atoms with van der Waals surface area (Å²) < 4.78 is 39.9. The third-order valence-electron chi connectivity index (χ3n) is 2.45. The zero-order valence-electron chi connectivity index (χ0n) is 10.0. The Labute approximate surface area is 103 Å². The van der Waals surface area contributed by atoms with Crippen molar-refractivity contribution in [3.8, 4) is 5.75 Å². The van der Waals surface area contributed by atoms with Gasteiger partial charge in [-0.25, -0.2) is 0 Å². The molecule has 0 fully saturated rings. The number of rotatable bonds is 4. The van der Waals surface area contributed by atoms with Crippen LogP contribution in [0.15, 0.2) is 24.3 Å². The summed E-state index contributed by atoms with van der Waals surface area (Å²) in [6.45, 7) is 3.37. The van der Waals surface area contributed by atoms with E-state index in [1.54, 1.807) is 13.8 Å². The van der Waals surface area contributed by atoms with Gasteiger partial charge in [0.2, 0.25) is 0 Å². The number of alkyl halides is 3. The maximum Gasteiger partial charge on any atom is 0.573 e. The Kier molecular flexibility index (Phi) is 4.01. The van der Waals surface area contributed by atoms with E-state index in [-0.39, 0.29) is 17.9 Å². The Morgan fingerprint density at radius 1 is 1.33 bits per heavy atom. The number of ether oxygens (including phenoxy) is 1. The summed E-state index contributed by atoms with van der Waals surface area (Å²) >= 11 is 0. The number of carbonyl (C=O) groups is 1. The predicted molar refractivity (Wildman–Crippen MR) is 60.3 cm³/mol. The van der Waals surface area contributed by atoms with Crippen molar-refractivity contribution >= 4 is 5.78 Å². The monoisotopic (exact) mass is 261 g/mol. The second kappa shape index (κ2) is 4.97. The van der Waals surface area contributed by atoms with Crippen LogP contribution < -0.4 is 10.5 Å². The van der Waals surface area contributed by atoms with E-state index in [9.17, 15) is 18.0 Å². The summed E-state index contributed by atoms with van der Waals surface area (Å²) in [5.41, 5.74) is 4.78. The summed E-state index contributed by atoms with van der Waals surface area (Å²) in [7, 11) is 0. The summed E-state index contributed by atoms with van der Waals surface area (Å²) in [6, 6.07) is 4.97. The number of benzene rings is 1. The van der Waals surface area contributed by atoms with E-state index in [4.69, 9.17) is 5.73 Å². The Hall–Kier alpha value is -1.56. The minimum absolute atomic E-state index is 0.107. The highest BCUT2D eigenvalue weighted by Gasteiger charge is 2.32. The van der Waals surface area contributed by atoms with Gasteiger partial charge in [0.05, 0.1) is 0 Å². The van der Waals surface area contributed by atoms with Gasteiger partial charge in [0.1, 0.15) is 5.75 Å². The molecule has 0 aliphatic carbocycles. The van der Waals surface area contributed by atoms with Gasteiger partial charge in [-0.2, -0.15) is 0 Å². The zero-order valence-corrected chi connectivity index (χ0v) is 10.0. The second-order valence-electron chi connectivity index (χ2n) is 4.49. The molecule has 0 aromatic heterocycles. The standard InChI is InChI=1S/C12H14F3NO2/c1-11(2,7-16)10(17)8-4-3-5-9(6-8)18-12(13,14)15/h3-6H,7,16H2,1-2H3. The third-order valence-corrected chi connectivity index (χ3v) is 2.45. The topological polar surface area (TPSA) is 52.3 Å². The number of carbonyl (C=O) groups excluding carboxylic acids is 1. The van der Waals surface area contributed by atoms with Gasteiger partial charge >= 0.3 is 6.36 Å². The molecule has 0 aliphatic heterocycles. The second-order valence-corrected chi connectivity index (χ2v) is 4.49. The third kappa shape index (κ3) is 3.73. The lowest BCUT2D eigenvalue weighted by molar-refractivity contribution is -0.274. The number of nitrogens with two attached hydrogens (primary N) is 1. The van der Waals surface area contributed by atoms with Crippen LogP contribution in [0.1, 0.15) is 24.2 Å². The summed E-state index contributed by atoms with van der Waals surface area (Å²) in [4.78, 5) is 12.0. The minimum Gasteiger partial charge on any atom is -0.406 e.